The summed E-state index contributed by atoms with van der Waals surface area (Å²) >= 11 is 0. The molecule has 1 amide bonds. The van der Waals surface area contributed by atoms with Crippen molar-refractivity contribution in [2.75, 3.05) is 43.6 Å². The van der Waals surface area contributed by atoms with E-state index in [1.807, 2.05) is 24.3 Å². The maximum atomic E-state index is 12.5. The summed E-state index contributed by atoms with van der Waals surface area (Å²) < 4.78 is 10.0. The molecule has 0 aliphatic carbocycles. The van der Waals surface area contributed by atoms with Gasteiger partial charge < -0.3 is 19.7 Å². The van der Waals surface area contributed by atoms with Gasteiger partial charge in [0, 0.05) is 13.1 Å². The van der Waals surface area contributed by atoms with Crippen LogP contribution in [0.5, 0.6) is 0 Å². The van der Waals surface area contributed by atoms with Gasteiger partial charge in [0.05, 0.1) is 31.7 Å². The van der Waals surface area contributed by atoms with Crippen molar-refractivity contribution in [2.45, 2.75) is 0 Å². The van der Waals surface area contributed by atoms with Crippen molar-refractivity contribution in [1.29, 1.82) is 0 Å². The molecule has 7 nitrogen and oxygen atoms in total. The van der Waals surface area contributed by atoms with Gasteiger partial charge in [-0.3, -0.25) is 4.79 Å². The largest absolute Gasteiger partial charge is 0.464 e. The van der Waals surface area contributed by atoms with Crippen molar-refractivity contribution in [3.63, 3.8) is 0 Å². The highest BCUT2D eigenvalue weighted by molar-refractivity contribution is 6.05. The fourth-order valence-corrected chi connectivity index (χ4v) is 2.63. The van der Waals surface area contributed by atoms with E-state index in [1.165, 1.54) is 13.2 Å². The Bertz CT molecular complexity index is 772. The molecule has 1 saturated heterocycles. The Morgan fingerprint density at radius 3 is 2.56 bits per heavy atom. The van der Waals surface area contributed by atoms with Gasteiger partial charge >= 0.3 is 5.97 Å². The molecule has 3 rings (SSSR count). The summed E-state index contributed by atoms with van der Waals surface area (Å²) in [6.07, 6.45) is 0. The lowest BCUT2D eigenvalue weighted by atomic mass is 10.2. The monoisotopic (exact) mass is 341 g/mol. The molecule has 2 heterocycles. The molecule has 0 unspecified atom stereocenters. The Hall–Kier alpha value is -2.93. The second-order valence-corrected chi connectivity index (χ2v) is 5.47. The van der Waals surface area contributed by atoms with Gasteiger partial charge in [0.1, 0.15) is 11.4 Å². The topological polar surface area (TPSA) is 80.8 Å². The molecule has 1 aliphatic heterocycles. The van der Waals surface area contributed by atoms with Gasteiger partial charge in [-0.05, 0) is 24.3 Å². The first-order chi connectivity index (χ1) is 12.2. The molecule has 0 bridgehead atoms. The van der Waals surface area contributed by atoms with E-state index >= 15 is 0 Å². The maximum absolute atomic E-state index is 12.5. The molecule has 25 heavy (non-hydrogen) atoms. The number of nitrogens with one attached hydrogen (secondary N) is 1. The normalized spacial score (nSPS) is 14.0. The van der Waals surface area contributed by atoms with Gasteiger partial charge in [0.2, 0.25) is 0 Å². The first kappa shape index (κ1) is 16.9. The minimum Gasteiger partial charge on any atom is -0.464 e. The number of ether oxygens (including phenoxy) is 2. The molecule has 2 aromatic rings. The molecule has 1 aliphatic rings. The lowest BCUT2D eigenvalue weighted by Crippen LogP contribution is -2.36. The number of morpholine rings is 1. The van der Waals surface area contributed by atoms with Crippen LogP contribution < -0.4 is 10.2 Å². The summed E-state index contributed by atoms with van der Waals surface area (Å²) in [7, 11) is 1.27. The van der Waals surface area contributed by atoms with Crippen LogP contribution in [0.25, 0.3) is 0 Å². The molecule has 1 aromatic heterocycles. The summed E-state index contributed by atoms with van der Waals surface area (Å²) in [4.78, 5) is 30.3. The van der Waals surface area contributed by atoms with Gasteiger partial charge in [-0.1, -0.05) is 18.2 Å². The lowest BCUT2D eigenvalue weighted by Gasteiger charge is -2.30. The standard InChI is InChI=1S/C18H19N3O4/c1-24-18(23)15-7-4-6-14(19-15)17(22)20-13-5-2-3-8-16(13)21-9-11-25-12-10-21/h2-8H,9-12H2,1H3,(H,20,22). The third-order valence-corrected chi connectivity index (χ3v) is 3.88. The maximum Gasteiger partial charge on any atom is 0.356 e. The van der Waals surface area contributed by atoms with Crippen LogP contribution >= 0.6 is 0 Å². The molecular weight excluding hydrogens is 322 g/mol. The number of hydrogen-bond donors (Lipinski definition) is 1. The SMILES string of the molecule is COC(=O)c1cccc(C(=O)Nc2ccccc2N2CCOCC2)n1. The number of carbonyl (C=O) groups excluding carboxylic acids is 2. The van der Waals surface area contributed by atoms with Gasteiger partial charge in [0.15, 0.2) is 0 Å². The van der Waals surface area contributed by atoms with E-state index in [9.17, 15) is 9.59 Å². The lowest BCUT2D eigenvalue weighted by molar-refractivity contribution is 0.0594. The average Bonchev–Trinajstić information content (AvgIpc) is 2.68. The number of anilines is 2. The Morgan fingerprint density at radius 2 is 1.80 bits per heavy atom. The fraction of sp³-hybridized carbons (Fsp3) is 0.278. The smallest absolute Gasteiger partial charge is 0.356 e. The summed E-state index contributed by atoms with van der Waals surface area (Å²) in [6.45, 7) is 2.85. The zero-order valence-electron chi connectivity index (χ0n) is 13.9. The Kier molecular flexibility index (Phi) is 5.25. The third-order valence-electron chi connectivity index (χ3n) is 3.88. The number of pyridine rings is 1. The van der Waals surface area contributed by atoms with E-state index in [4.69, 9.17) is 4.74 Å². The number of esters is 1. The van der Waals surface area contributed by atoms with Crippen LogP contribution in [0, 0.1) is 0 Å². The van der Waals surface area contributed by atoms with E-state index in [2.05, 4.69) is 19.9 Å². The van der Waals surface area contributed by atoms with Crippen molar-refractivity contribution in [3.05, 3.63) is 53.9 Å². The highest BCUT2D eigenvalue weighted by Crippen LogP contribution is 2.26. The van der Waals surface area contributed by atoms with Crippen LogP contribution in [0.2, 0.25) is 0 Å². The quantitative estimate of drug-likeness (QED) is 0.856. The number of carbonyl (C=O) groups is 2. The molecule has 7 heteroatoms. The summed E-state index contributed by atoms with van der Waals surface area (Å²) in [5.74, 6) is -0.963. The number of rotatable bonds is 4. The number of benzene rings is 1. The summed E-state index contributed by atoms with van der Waals surface area (Å²) in [5.41, 5.74) is 1.87. The highest BCUT2D eigenvalue weighted by atomic mass is 16.5. The number of nitrogens with zero attached hydrogens (tertiary/aromatic N) is 2. The first-order valence-electron chi connectivity index (χ1n) is 7.97. The van der Waals surface area contributed by atoms with Gasteiger partial charge in [-0.25, -0.2) is 9.78 Å². The van der Waals surface area contributed by atoms with E-state index in [0.29, 0.717) is 18.9 Å². The molecule has 0 atom stereocenters. The van der Waals surface area contributed by atoms with Crippen molar-refractivity contribution < 1.29 is 19.1 Å². The Labute approximate surface area is 145 Å². The first-order valence-corrected chi connectivity index (χ1v) is 7.97. The second-order valence-electron chi connectivity index (χ2n) is 5.47. The molecule has 1 aromatic carbocycles. The van der Waals surface area contributed by atoms with Crippen molar-refractivity contribution in [1.82, 2.24) is 4.98 Å². The van der Waals surface area contributed by atoms with Crippen LogP contribution in [-0.4, -0.2) is 50.3 Å². The number of hydrogen-bond acceptors (Lipinski definition) is 6. The minimum atomic E-state index is -0.580. The van der Waals surface area contributed by atoms with Crippen molar-refractivity contribution in [2.24, 2.45) is 0 Å². The zero-order chi connectivity index (χ0) is 17.6. The summed E-state index contributed by atoms with van der Waals surface area (Å²) in [5, 5.41) is 2.87. The van der Waals surface area contributed by atoms with Gasteiger partial charge in [-0.15, -0.1) is 0 Å². The third kappa shape index (κ3) is 3.95. The van der Waals surface area contributed by atoms with Gasteiger partial charge in [0.25, 0.3) is 5.91 Å². The van der Waals surface area contributed by atoms with Crippen molar-refractivity contribution >= 4 is 23.3 Å². The highest BCUT2D eigenvalue weighted by Gasteiger charge is 2.17. The predicted molar refractivity (Wildman–Crippen MR) is 93.0 cm³/mol. The molecular formula is C18H19N3O4. The van der Waals surface area contributed by atoms with E-state index < -0.39 is 5.97 Å². The van der Waals surface area contributed by atoms with Crippen LogP contribution in [0.4, 0.5) is 11.4 Å². The number of para-hydroxylation sites is 2. The molecule has 0 radical (unpaired) electrons. The van der Waals surface area contributed by atoms with Crippen LogP contribution in [-0.2, 0) is 9.47 Å². The minimum absolute atomic E-state index is 0.0941. The molecule has 130 valence electrons. The van der Waals surface area contributed by atoms with Gasteiger partial charge in [-0.2, -0.15) is 0 Å². The molecule has 1 N–H and O–H groups in total. The Morgan fingerprint density at radius 1 is 1.08 bits per heavy atom. The Balaban J connectivity index is 1.80. The van der Waals surface area contributed by atoms with E-state index in [1.54, 1.807) is 12.1 Å². The molecule has 0 saturated carbocycles. The van der Waals surface area contributed by atoms with Crippen LogP contribution in [0.15, 0.2) is 42.5 Å². The van der Waals surface area contributed by atoms with Crippen molar-refractivity contribution in [3.8, 4) is 0 Å². The second kappa shape index (κ2) is 7.76. The average molecular weight is 341 g/mol. The predicted octanol–water partition coefficient (Wildman–Crippen LogP) is 1.96. The molecule has 1 fully saturated rings. The molecule has 0 spiro atoms. The van der Waals surface area contributed by atoms with Crippen LogP contribution in [0.1, 0.15) is 21.0 Å². The number of amides is 1. The number of methoxy groups -OCH3 is 1. The number of aromatic nitrogens is 1. The van der Waals surface area contributed by atoms with E-state index in [0.717, 1.165) is 18.8 Å². The van der Waals surface area contributed by atoms with E-state index in [-0.39, 0.29) is 17.3 Å². The van der Waals surface area contributed by atoms with Crippen LogP contribution in [0.3, 0.4) is 0 Å². The fourth-order valence-electron chi connectivity index (χ4n) is 2.63. The summed E-state index contributed by atoms with van der Waals surface area (Å²) in [6, 6.07) is 12.2. The zero-order valence-corrected chi connectivity index (χ0v) is 13.9.